The van der Waals surface area contributed by atoms with Gasteiger partial charge in [-0.2, -0.15) is 5.10 Å². The van der Waals surface area contributed by atoms with Crippen LogP contribution in [0.5, 0.6) is 5.88 Å². The quantitative estimate of drug-likeness (QED) is 0.801. The molecule has 0 aliphatic heterocycles. The summed E-state index contributed by atoms with van der Waals surface area (Å²) in [5.41, 5.74) is 0.923. The van der Waals surface area contributed by atoms with Crippen molar-refractivity contribution in [2.45, 2.75) is 39.8 Å². The van der Waals surface area contributed by atoms with Crippen molar-refractivity contribution in [3.63, 3.8) is 0 Å². The molecule has 0 saturated heterocycles. The molecule has 90 valence electrons. The zero-order valence-electron chi connectivity index (χ0n) is 10.5. The van der Waals surface area contributed by atoms with Crippen molar-refractivity contribution in [3.05, 3.63) is 17.8 Å². The number of nitrogens with zero attached hydrogens (tertiary/aromatic N) is 2. The summed E-state index contributed by atoms with van der Waals surface area (Å²) in [7, 11) is 1.89. The number of ether oxygens (including phenoxy) is 1. The largest absolute Gasteiger partial charge is 0.474 e. The minimum atomic E-state index is 0.185. The van der Waals surface area contributed by atoms with Crippen LogP contribution in [0.1, 0.15) is 32.9 Å². The fourth-order valence-corrected chi connectivity index (χ4v) is 1.60. The molecule has 1 unspecified atom stereocenters. The Hall–Kier alpha value is -1.16. The Morgan fingerprint density at radius 2 is 2.00 bits per heavy atom. The average Bonchev–Trinajstić information content (AvgIpc) is 2.20. The lowest BCUT2D eigenvalue weighted by Crippen LogP contribution is -2.16. The molecule has 0 saturated carbocycles. The summed E-state index contributed by atoms with van der Waals surface area (Å²) in [5.74, 6) is 1.24. The predicted molar refractivity (Wildman–Crippen MR) is 64.3 cm³/mol. The Morgan fingerprint density at radius 1 is 1.25 bits per heavy atom. The molecule has 0 spiro atoms. The minimum absolute atomic E-state index is 0.185. The lowest BCUT2D eigenvalue weighted by molar-refractivity contribution is 0.183. The highest BCUT2D eigenvalue weighted by atomic mass is 16.5. The summed E-state index contributed by atoms with van der Waals surface area (Å²) < 4.78 is 5.66. The van der Waals surface area contributed by atoms with E-state index in [0.717, 1.165) is 18.7 Å². The molecule has 0 amide bonds. The highest BCUT2D eigenvalue weighted by molar-refractivity contribution is 5.11. The lowest BCUT2D eigenvalue weighted by atomic mass is 10.1. The second-order valence-corrected chi connectivity index (χ2v) is 4.45. The van der Waals surface area contributed by atoms with Crippen molar-refractivity contribution < 1.29 is 4.74 Å². The first-order valence-electron chi connectivity index (χ1n) is 5.75. The molecule has 0 aliphatic carbocycles. The van der Waals surface area contributed by atoms with Gasteiger partial charge in [-0.1, -0.05) is 13.8 Å². The summed E-state index contributed by atoms with van der Waals surface area (Å²) in [6.07, 6.45) is 1.21. The van der Waals surface area contributed by atoms with Crippen LogP contribution in [0.15, 0.2) is 12.1 Å². The van der Waals surface area contributed by atoms with E-state index in [1.807, 2.05) is 19.2 Å². The summed E-state index contributed by atoms with van der Waals surface area (Å²) >= 11 is 0. The molecule has 1 aromatic heterocycles. The molecular formula is C12H21N3O. The van der Waals surface area contributed by atoms with Gasteiger partial charge in [0.2, 0.25) is 5.88 Å². The molecule has 16 heavy (non-hydrogen) atoms. The van der Waals surface area contributed by atoms with Crippen molar-refractivity contribution in [2.75, 3.05) is 7.05 Å². The monoisotopic (exact) mass is 223 g/mol. The molecule has 1 atom stereocenters. The third kappa shape index (κ3) is 4.57. The van der Waals surface area contributed by atoms with E-state index in [0.29, 0.717) is 11.8 Å². The van der Waals surface area contributed by atoms with E-state index in [-0.39, 0.29) is 6.10 Å². The average molecular weight is 223 g/mol. The standard InChI is InChI=1S/C12H21N3O/c1-9(2)7-10(3)16-12-6-5-11(8-13-4)14-15-12/h5-6,9-10,13H,7-8H2,1-4H3. The summed E-state index contributed by atoms with van der Waals surface area (Å²) in [6.45, 7) is 7.15. The number of aromatic nitrogens is 2. The smallest absolute Gasteiger partial charge is 0.233 e. The van der Waals surface area contributed by atoms with Crippen LogP contribution in [0.2, 0.25) is 0 Å². The van der Waals surface area contributed by atoms with Crippen LogP contribution in [0.3, 0.4) is 0 Å². The van der Waals surface area contributed by atoms with Crippen LogP contribution in [0.25, 0.3) is 0 Å². The topological polar surface area (TPSA) is 47.0 Å². The minimum Gasteiger partial charge on any atom is -0.474 e. The van der Waals surface area contributed by atoms with Crippen LogP contribution < -0.4 is 10.1 Å². The Morgan fingerprint density at radius 3 is 2.50 bits per heavy atom. The second-order valence-electron chi connectivity index (χ2n) is 4.45. The van der Waals surface area contributed by atoms with Crippen molar-refractivity contribution in [1.82, 2.24) is 15.5 Å². The maximum atomic E-state index is 5.66. The third-order valence-electron chi connectivity index (χ3n) is 2.18. The normalized spacial score (nSPS) is 12.8. The van der Waals surface area contributed by atoms with Crippen molar-refractivity contribution in [3.8, 4) is 5.88 Å². The first-order valence-corrected chi connectivity index (χ1v) is 5.75. The molecule has 1 heterocycles. The van der Waals surface area contributed by atoms with Gasteiger partial charge in [-0.15, -0.1) is 5.10 Å². The van der Waals surface area contributed by atoms with Crippen LogP contribution in [0.4, 0.5) is 0 Å². The molecule has 1 N–H and O–H groups in total. The number of hydrogen-bond acceptors (Lipinski definition) is 4. The SMILES string of the molecule is CNCc1ccc(OC(C)CC(C)C)nn1. The predicted octanol–water partition coefficient (Wildman–Crippen LogP) is 2.01. The molecule has 4 heteroatoms. The van der Waals surface area contributed by atoms with Crippen molar-refractivity contribution >= 4 is 0 Å². The maximum absolute atomic E-state index is 5.66. The van der Waals surface area contributed by atoms with Gasteiger partial charge in [0.15, 0.2) is 0 Å². The Kier molecular flexibility index (Phi) is 5.19. The van der Waals surface area contributed by atoms with E-state index in [4.69, 9.17) is 4.74 Å². The van der Waals surface area contributed by atoms with Gasteiger partial charge in [0.05, 0.1) is 11.8 Å². The van der Waals surface area contributed by atoms with Gasteiger partial charge in [-0.3, -0.25) is 0 Å². The van der Waals surface area contributed by atoms with E-state index in [1.54, 1.807) is 0 Å². The van der Waals surface area contributed by atoms with Crippen molar-refractivity contribution in [1.29, 1.82) is 0 Å². The highest BCUT2D eigenvalue weighted by Crippen LogP contribution is 2.12. The Bertz CT molecular complexity index is 298. The van der Waals surface area contributed by atoms with Crippen molar-refractivity contribution in [2.24, 2.45) is 5.92 Å². The van der Waals surface area contributed by atoms with Gasteiger partial charge in [0.25, 0.3) is 0 Å². The van der Waals surface area contributed by atoms with E-state index in [2.05, 4.69) is 36.3 Å². The van der Waals surface area contributed by atoms with E-state index < -0.39 is 0 Å². The second kappa shape index (κ2) is 6.43. The number of rotatable bonds is 6. The summed E-state index contributed by atoms with van der Waals surface area (Å²) in [6, 6.07) is 3.80. The molecule has 0 aromatic carbocycles. The Labute approximate surface area is 97.4 Å². The molecule has 0 aliphatic rings. The van der Waals surface area contributed by atoms with Crippen LogP contribution in [-0.4, -0.2) is 23.3 Å². The maximum Gasteiger partial charge on any atom is 0.233 e. The van der Waals surface area contributed by atoms with Crippen LogP contribution >= 0.6 is 0 Å². The first kappa shape index (κ1) is 12.9. The van der Waals surface area contributed by atoms with Crippen LogP contribution in [-0.2, 0) is 6.54 Å². The van der Waals surface area contributed by atoms with E-state index in [9.17, 15) is 0 Å². The molecule has 0 radical (unpaired) electrons. The fraction of sp³-hybridized carbons (Fsp3) is 0.667. The Balaban J connectivity index is 2.48. The molecule has 1 rings (SSSR count). The zero-order chi connectivity index (χ0) is 12.0. The van der Waals surface area contributed by atoms with E-state index >= 15 is 0 Å². The highest BCUT2D eigenvalue weighted by Gasteiger charge is 2.07. The molecular weight excluding hydrogens is 202 g/mol. The van der Waals surface area contributed by atoms with Gasteiger partial charge in [-0.25, -0.2) is 0 Å². The van der Waals surface area contributed by atoms with Gasteiger partial charge in [0, 0.05) is 12.6 Å². The van der Waals surface area contributed by atoms with Gasteiger partial charge in [-0.05, 0) is 32.4 Å². The molecule has 4 nitrogen and oxygen atoms in total. The summed E-state index contributed by atoms with van der Waals surface area (Å²) in [4.78, 5) is 0. The van der Waals surface area contributed by atoms with Gasteiger partial charge in [0.1, 0.15) is 0 Å². The zero-order valence-corrected chi connectivity index (χ0v) is 10.5. The van der Waals surface area contributed by atoms with Gasteiger partial charge >= 0.3 is 0 Å². The number of nitrogens with one attached hydrogen (secondary N) is 1. The molecule has 0 fully saturated rings. The third-order valence-corrected chi connectivity index (χ3v) is 2.18. The van der Waals surface area contributed by atoms with Gasteiger partial charge < -0.3 is 10.1 Å². The molecule has 0 bridgehead atoms. The molecule has 1 aromatic rings. The lowest BCUT2D eigenvalue weighted by Gasteiger charge is -2.15. The van der Waals surface area contributed by atoms with Crippen LogP contribution in [0, 0.1) is 5.92 Å². The van der Waals surface area contributed by atoms with E-state index in [1.165, 1.54) is 0 Å². The fourth-order valence-electron chi connectivity index (χ4n) is 1.60. The summed E-state index contributed by atoms with van der Waals surface area (Å²) in [5, 5.41) is 11.1. The number of hydrogen-bond donors (Lipinski definition) is 1. The first-order chi connectivity index (χ1) is 7.61.